The topological polar surface area (TPSA) is 54.0 Å². The fraction of sp³-hybridized carbons (Fsp3) is 0.200. The molecule has 0 saturated carbocycles. The van der Waals surface area contributed by atoms with E-state index in [0.717, 1.165) is 0 Å². The van der Waals surface area contributed by atoms with Crippen molar-refractivity contribution in [1.29, 1.82) is 0 Å². The van der Waals surface area contributed by atoms with Gasteiger partial charge < -0.3 is 10.6 Å². The Bertz CT molecular complexity index is 627. The monoisotopic (exact) mass is 287 g/mol. The van der Waals surface area contributed by atoms with Gasteiger partial charge in [-0.1, -0.05) is 35.9 Å². The van der Waals surface area contributed by atoms with Gasteiger partial charge in [-0.15, -0.1) is 0 Å². The van der Waals surface area contributed by atoms with Crippen LogP contribution in [0.15, 0.2) is 42.6 Å². The van der Waals surface area contributed by atoms with Gasteiger partial charge in [0.1, 0.15) is 5.82 Å². The summed E-state index contributed by atoms with van der Waals surface area (Å²) in [5.74, 6) is 0.439. The zero-order valence-electron chi connectivity index (χ0n) is 10.8. The number of hydrogen-bond donors (Lipinski definition) is 2. The molecule has 2 aromatic rings. The van der Waals surface area contributed by atoms with Crippen LogP contribution in [0.5, 0.6) is 0 Å². The van der Waals surface area contributed by atoms with Gasteiger partial charge in [0.05, 0.1) is 11.1 Å². The summed E-state index contributed by atoms with van der Waals surface area (Å²) in [5, 5.41) is 6.59. The highest BCUT2D eigenvalue weighted by atomic mass is 35.5. The summed E-state index contributed by atoms with van der Waals surface area (Å²) in [6.07, 6.45) is 2.20. The number of fused-ring (bicyclic) bond motifs is 1. The summed E-state index contributed by atoms with van der Waals surface area (Å²) in [6.45, 7) is 0.711. The molecule has 0 bridgehead atoms. The Kier molecular flexibility index (Phi) is 3.67. The highest BCUT2D eigenvalue weighted by molar-refractivity contribution is 6.30. The molecule has 4 nitrogen and oxygen atoms in total. The van der Waals surface area contributed by atoms with E-state index >= 15 is 0 Å². The number of hydrogen-bond acceptors (Lipinski definition) is 3. The van der Waals surface area contributed by atoms with Gasteiger partial charge in [0.25, 0.3) is 0 Å². The summed E-state index contributed by atoms with van der Waals surface area (Å²) in [5.41, 5.74) is 2.47. The van der Waals surface area contributed by atoms with Crippen LogP contribution in [0.4, 0.5) is 5.82 Å². The Hall–Kier alpha value is -1.91. The molecule has 2 heterocycles. The van der Waals surface area contributed by atoms with Crippen LogP contribution in [-0.2, 0) is 17.8 Å². The second kappa shape index (κ2) is 5.61. The van der Waals surface area contributed by atoms with E-state index in [2.05, 4.69) is 27.8 Å². The molecule has 1 aromatic heterocycles. The molecule has 1 atom stereocenters. The second-order valence-electron chi connectivity index (χ2n) is 4.76. The first-order chi connectivity index (χ1) is 9.72. The number of pyridine rings is 1. The number of halogens is 1. The van der Waals surface area contributed by atoms with Crippen molar-refractivity contribution in [3.63, 3.8) is 0 Å². The van der Waals surface area contributed by atoms with Crippen molar-refractivity contribution in [2.45, 2.75) is 19.0 Å². The smallest absolute Gasteiger partial charge is 0.243 e. The highest BCUT2D eigenvalue weighted by Crippen LogP contribution is 2.17. The standard InChI is InChI=1S/C15H14ClN3O/c16-12-5-6-14(18-9-12)19-15(20)13-7-10-3-1-2-4-11(10)8-17-13/h1-6,9,13,17H,7-8H2,(H,18,19,20)/t13-/m0/s1. The fourth-order valence-corrected chi connectivity index (χ4v) is 2.41. The molecular formula is C15H14ClN3O. The zero-order chi connectivity index (χ0) is 13.9. The largest absolute Gasteiger partial charge is 0.309 e. The van der Waals surface area contributed by atoms with Gasteiger partial charge >= 0.3 is 0 Å². The third kappa shape index (κ3) is 2.81. The fourth-order valence-electron chi connectivity index (χ4n) is 2.30. The molecule has 1 aliphatic heterocycles. The van der Waals surface area contributed by atoms with Crippen LogP contribution in [-0.4, -0.2) is 16.9 Å². The molecular weight excluding hydrogens is 274 g/mol. The normalized spacial score (nSPS) is 17.4. The predicted octanol–water partition coefficient (Wildman–Crippen LogP) is 2.39. The van der Waals surface area contributed by atoms with Gasteiger partial charge in [-0.05, 0) is 29.7 Å². The molecule has 0 radical (unpaired) electrons. The third-order valence-corrected chi connectivity index (χ3v) is 3.60. The van der Waals surface area contributed by atoms with E-state index in [0.29, 0.717) is 23.8 Å². The van der Waals surface area contributed by atoms with E-state index in [1.54, 1.807) is 12.1 Å². The molecule has 1 aromatic carbocycles. The molecule has 3 rings (SSSR count). The van der Waals surface area contributed by atoms with Gasteiger partial charge in [-0.2, -0.15) is 0 Å². The number of benzene rings is 1. The maximum atomic E-state index is 12.2. The number of rotatable bonds is 2. The summed E-state index contributed by atoms with van der Waals surface area (Å²) < 4.78 is 0. The minimum absolute atomic E-state index is 0.0747. The number of aromatic nitrogens is 1. The Balaban J connectivity index is 1.68. The molecule has 0 aliphatic carbocycles. The van der Waals surface area contributed by atoms with Crippen LogP contribution in [0.2, 0.25) is 5.02 Å². The first kappa shape index (κ1) is 13.1. The van der Waals surface area contributed by atoms with Gasteiger partial charge in [0, 0.05) is 12.7 Å². The summed E-state index contributed by atoms with van der Waals surface area (Å²) in [4.78, 5) is 16.3. The van der Waals surface area contributed by atoms with E-state index in [4.69, 9.17) is 11.6 Å². The third-order valence-electron chi connectivity index (χ3n) is 3.38. The molecule has 5 heteroatoms. The Morgan fingerprint density at radius 1 is 1.25 bits per heavy atom. The molecule has 0 saturated heterocycles. The molecule has 0 unspecified atom stereocenters. The van der Waals surface area contributed by atoms with E-state index in [1.807, 2.05) is 12.1 Å². The van der Waals surface area contributed by atoms with Crippen molar-refractivity contribution >= 4 is 23.3 Å². The lowest BCUT2D eigenvalue weighted by Crippen LogP contribution is -2.44. The Morgan fingerprint density at radius 3 is 2.80 bits per heavy atom. The SMILES string of the molecule is O=C(Nc1ccc(Cl)cn1)[C@@H]1Cc2ccccc2CN1. The van der Waals surface area contributed by atoms with E-state index in [-0.39, 0.29) is 11.9 Å². The van der Waals surface area contributed by atoms with Gasteiger partial charge in [-0.3, -0.25) is 4.79 Å². The van der Waals surface area contributed by atoms with Crippen LogP contribution in [0, 0.1) is 0 Å². The zero-order valence-corrected chi connectivity index (χ0v) is 11.5. The highest BCUT2D eigenvalue weighted by Gasteiger charge is 2.23. The van der Waals surface area contributed by atoms with Crippen LogP contribution in [0.25, 0.3) is 0 Å². The lowest BCUT2D eigenvalue weighted by molar-refractivity contribution is -0.118. The van der Waals surface area contributed by atoms with Gasteiger partial charge in [0.15, 0.2) is 0 Å². The number of amides is 1. The molecule has 2 N–H and O–H groups in total. The minimum atomic E-state index is -0.234. The van der Waals surface area contributed by atoms with E-state index < -0.39 is 0 Å². The first-order valence-electron chi connectivity index (χ1n) is 6.45. The first-order valence-corrected chi connectivity index (χ1v) is 6.83. The van der Waals surface area contributed by atoms with Crippen molar-refractivity contribution in [1.82, 2.24) is 10.3 Å². The minimum Gasteiger partial charge on any atom is -0.309 e. The lowest BCUT2D eigenvalue weighted by atomic mass is 9.95. The number of anilines is 1. The Labute approximate surface area is 122 Å². The van der Waals surface area contributed by atoms with Crippen molar-refractivity contribution in [2.75, 3.05) is 5.32 Å². The van der Waals surface area contributed by atoms with Crippen molar-refractivity contribution in [3.8, 4) is 0 Å². The average Bonchev–Trinajstić information content (AvgIpc) is 2.49. The van der Waals surface area contributed by atoms with Gasteiger partial charge in [-0.25, -0.2) is 4.98 Å². The number of carbonyl (C=O) groups is 1. The quantitative estimate of drug-likeness (QED) is 0.892. The number of nitrogens with zero attached hydrogens (tertiary/aromatic N) is 1. The molecule has 0 spiro atoms. The van der Waals surface area contributed by atoms with E-state index in [9.17, 15) is 4.79 Å². The average molecular weight is 288 g/mol. The maximum Gasteiger partial charge on any atom is 0.243 e. The van der Waals surface area contributed by atoms with E-state index in [1.165, 1.54) is 17.3 Å². The van der Waals surface area contributed by atoms with Crippen molar-refractivity contribution < 1.29 is 4.79 Å². The summed E-state index contributed by atoms with van der Waals surface area (Å²) in [7, 11) is 0. The molecule has 0 fully saturated rings. The maximum absolute atomic E-state index is 12.2. The molecule has 1 aliphatic rings. The summed E-state index contributed by atoms with van der Waals surface area (Å²) in [6, 6.07) is 11.3. The van der Waals surface area contributed by atoms with Crippen LogP contribution in [0.3, 0.4) is 0 Å². The molecule has 1 amide bonds. The Morgan fingerprint density at radius 2 is 2.05 bits per heavy atom. The predicted molar refractivity (Wildman–Crippen MR) is 78.7 cm³/mol. The molecule has 102 valence electrons. The van der Waals surface area contributed by atoms with Crippen LogP contribution in [0.1, 0.15) is 11.1 Å². The van der Waals surface area contributed by atoms with Crippen LogP contribution >= 0.6 is 11.6 Å². The van der Waals surface area contributed by atoms with Crippen LogP contribution < -0.4 is 10.6 Å². The second-order valence-corrected chi connectivity index (χ2v) is 5.19. The summed E-state index contributed by atoms with van der Waals surface area (Å²) >= 11 is 5.77. The van der Waals surface area contributed by atoms with Crippen molar-refractivity contribution in [3.05, 3.63) is 58.7 Å². The van der Waals surface area contributed by atoms with Crippen molar-refractivity contribution in [2.24, 2.45) is 0 Å². The number of carbonyl (C=O) groups excluding carboxylic acids is 1. The molecule has 20 heavy (non-hydrogen) atoms. The van der Waals surface area contributed by atoms with Gasteiger partial charge in [0.2, 0.25) is 5.91 Å². The number of nitrogens with one attached hydrogen (secondary N) is 2. The lowest BCUT2D eigenvalue weighted by Gasteiger charge is -2.25.